The van der Waals surface area contributed by atoms with Gasteiger partial charge in [-0.2, -0.15) is 0 Å². The van der Waals surface area contributed by atoms with E-state index in [9.17, 15) is 76.0 Å². The Kier molecular flexibility index (Phi) is 40.3. The number of ether oxygens (including phenoxy) is 8. The molecule has 4 aliphatic heterocycles. The maximum absolute atomic E-state index is 13.4. The molecule has 89 heavy (non-hydrogen) atoms. The van der Waals surface area contributed by atoms with Crippen molar-refractivity contribution >= 4 is 11.8 Å². The minimum absolute atomic E-state index is 0.213. The van der Waals surface area contributed by atoms with Crippen LogP contribution in [0.25, 0.3) is 0 Å². The topological polar surface area (TPSA) is 395 Å². The molecule has 0 aromatic carbocycles. The van der Waals surface area contributed by atoms with Crippen LogP contribution in [0.15, 0.2) is 12.2 Å². The zero-order valence-corrected chi connectivity index (χ0v) is 53.5. The lowest BCUT2D eigenvalue weighted by atomic mass is 9.94. The molecule has 8 unspecified atom stereocenters. The van der Waals surface area contributed by atoms with Gasteiger partial charge in [0.2, 0.25) is 11.8 Å². The lowest BCUT2D eigenvalue weighted by molar-refractivity contribution is -0.381. The Bertz CT molecular complexity index is 1860. The second kappa shape index (κ2) is 45.3. The largest absolute Gasteiger partial charge is 0.394 e. The van der Waals surface area contributed by atoms with Crippen LogP contribution in [0.4, 0.5) is 0 Å². The number of hydrogen-bond donors (Lipinski definition) is 15. The van der Waals surface area contributed by atoms with E-state index >= 15 is 0 Å². The van der Waals surface area contributed by atoms with Gasteiger partial charge in [0.05, 0.1) is 45.2 Å². The number of unbranched alkanes of at least 4 members (excludes halogenated alkanes) is 27. The number of carbonyl (C=O) groups excluding carboxylic acids is 2. The number of hydrogen-bond acceptors (Lipinski definition) is 23. The molecule has 0 saturated carbocycles. The number of amides is 2. The Morgan fingerprint density at radius 1 is 0.438 bits per heavy atom. The highest BCUT2D eigenvalue weighted by molar-refractivity contribution is 5.76. The van der Waals surface area contributed by atoms with Crippen LogP contribution in [0.5, 0.6) is 0 Å². The summed E-state index contributed by atoms with van der Waals surface area (Å²) in [5.74, 6) is -1.07. The first-order chi connectivity index (χ1) is 43.0. The SMILES string of the molecule is CCCCCCCCCCCCC/C=C/[C@@H](O)[C@H](CO[C@@H]1OC(CO)[C@@H](O[C@@H]2OC(CO)[C@H](O)[C@H](O[C@@H]3OC(CO)[C@H](O[C@@H]4OC(CO)[C@H](O)[C@H](O)C4O)[C@H](O)C3NC(C)=O)C2O)[C@H](O)C1O)NC(=O)CCCCCCCCCCCCCCCCCCC. The summed E-state index contributed by atoms with van der Waals surface area (Å²) in [6.45, 7) is 1.60. The first-order valence-electron chi connectivity index (χ1n) is 33.9. The second-order valence-electron chi connectivity index (χ2n) is 25.0. The van der Waals surface area contributed by atoms with Crippen molar-refractivity contribution in [3.8, 4) is 0 Å². The van der Waals surface area contributed by atoms with Crippen molar-refractivity contribution < 1.29 is 114 Å². The van der Waals surface area contributed by atoms with Crippen LogP contribution >= 0.6 is 0 Å². The molecule has 4 aliphatic rings. The van der Waals surface area contributed by atoms with E-state index in [1.54, 1.807) is 6.08 Å². The molecular formula is C64H118N2O23. The Morgan fingerprint density at radius 2 is 0.831 bits per heavy atom. The van der Waals surface area contributed by atoms with Gasteiger partial charge < -0.3 is 115 Å². The molecule has 0 aliphatic carbocycles. The number of carbonyl (C=O) groups is 2. The third-order valence-corrected chi connectivity index (χ3v) is 17.6. The van der Waals surface area contributed by atoms with Crippen LogP contribution in [0, 0.1) is 0 Å². The average Bonchev–Trinajstić information content (AvgIpc) is 1.63. The van der Waals surface area contributed by atoms with Gasteiger partial charge in [-0.05, 0) is 19.3 Å². The van der Waals surface area contributed by atoms with Crippen molar-refractivity contribution in [3.63, 3.8) is 0 Å². The summed E-state index contributed by atoms with van der Waals surface area (Å²) >= 11 is 0. The smallest absolute Gasteiger partial charge is 0.220 e. The van der Waals surface area contributed by atoms with E-state index in [1.807, 2.05) is 6.08 Å². The molecule has 4 saturated heterocycles. The zero-order chi connectivity index (χ0) is 65.1. The first kappa shape index (κ1) is 79.3. The van der Waals surface area contributed by atoms with Gasteiger partial charge in [0, 0.05) is 13.3 Å². The molecule has 2 amide bonds. The zero-order valence-electron chi connectivity index (χ0n) is 53.5. The van der Waals surface area contributed by atoms with E-state index < -0.39 is 174 Å². The van der Waals surface area contributed by atoms with Crippen molar-refractivity contribution in [2.24, 2.45) is 0 Å². The normalized spacial score (nSPS) is 33.3. The van der Waals surface area contributed by atoms with E-state index in [0.717, 1.165) is 51.9 Å². The first-order valence-corrected chi connectivity index (χ1v) is 33.9. The number of nitrogens with one attached hydrogen (secondary N) is 2. The van der Waals surface area contributed by atoms with Gasteiger partial charge in [-0.25, -0.2) is 0 Å². The van der Waals surface area contributed by atoms with Crippen molar-refractivity contribution in [2.45, 2.75) is 348 Å². The van der Waals surface area contributed by atoms with E-state index in [1.165, 1.54) is 128 Å². The van der Waals surface area contributed by atoms with Crippen LogP contribution < -0.4 is 10.6 Å². The molecule has 25 nitrogen and oxygen atoms in total. The summed E-state index contributed by atoms with van der Waals surface area (Å²) in [5, 5.41) is 147. The highest BCUT2D eigenvalue weighted by Crippen LogP contribution is 2.35. The van der Waals surface area contributed by atoms with Crippen LogP contribution in [-0.4, -0.2) is 246 Å². The highest BCUT2D eigenvalue weighted by atomic mass is 16.8. The van der Waals surface area contributed by atoms with Crippen LogP contribution in [0.3, 0.4) is 0 Å². The molecule has 15 N–H and O–H groups in total. The molecule has 0 bridgehead atoms. The predicted octanol–water partition coefficient (Wildman–Crippen LogP) is 2.56. The quantitative estimate of drug-likeness (QED) is 0.0307. The molecule has 0 aromatic rings. The van der Waals surface area contributed by atoms with E-state index in [4.69, 9.17) is 37.9 Å². The van der Waals surface area contributed by atoms with Crippen molar-refractivity contribution in [2.75, 3.05) is 33.0 Å². The summed E-state index contributed by atoms with van der Waals surface area (Å²) in [6, 6.07) is -2.68. The fraction of sp³-hybridized carbons (Fsp3) is 0.938. The van der Waals surface area contributed by atoms with Gasteiger partial charge >= 0.3 is 0 Å². The predicted molar refractivity (Wildman–Crippen MR) is 326 cm³/mol. The standard InChI is InChI=1S/C64H118N2O23/c1-4-6-8-10-12-14-16-18-19-20-21-23-25-27-29-31-33-35-48(73)66-42(43(72)34-32-30-28-26-24-22-17-15-13-11-9-7-5-2)40-82-62-56(80)54(78)59(47(39-70)86-62)88-64-57(81)60(51(75)45(37-68)84-64)89-61-49(65-41(3)71)52(76)58(46(38-69)85-61)87-63-55(79)53(77)50(74)44(36-67)83-63/h32,34,42-47,49-64,67-70,72,74-81H,4-31,33,35-40H2,1-3H3,(H,65,71)(H,66,73)/b34-32+/t42-,43+,44?,45?,46?,47?,49?,50-,51-,52+,53-,54+,55?,56?,57?,58-,59+,60-,61-,62+,63-,64-/m0/s1. The van der Waals surface area contributed by atoms with Gasteiger partial charge in [0.15, 0.2) is 25.2 Å². The Labute approximate surface area is 528 Å². The van der Waals surface area contributed by atoms with Gasteiger partial charge in [-0.3, -0.25) is 9.59 Å². The number of aliphatic hydroxyl groups excluding tert-OH is 13. The monoisotopic (exact) mass is 1280 g/mol. The third-order valence-electron chi connectivity index (χ3n) is 17.6. The highest BCUT2D eigenvalue weighted by Gasteiger charge is 2.56. The average molecular weight is 1280 g/mol. The minimum Gasteiger partial charge on any atom is -0.394 e. The summed E-state index contributed by atoms with van der Waals surface area (Å²) in [4.78, 5) is 26.0. The molecule has 25 heteroatoms. The molecule has 0 radical (unpaired) electrons. The fourth-order valence-corrected chi connectivity index (χ4v) is 12.1. The molecule has 0 spiro atoms. The Hall–Kier alpha value is -2.16. The number of allylic oxidation sites excluding steroid dienone is 1. The summed E-state index contributed by atoms with van der Waals surface area (Å²) in [7, 11) is 0. The van der Waals surface area contributed by atoms with Gasteiger partial charge in [0.1, 0.15) is 97.6 Å². The fourth-order valence-electron chi connectivity index (χ4n) is 12.1. The van der Waals surface area contributed by atoms with Crippen molar-refractivity contribution in [3.05, 3.63) is 12.2 Å². The summed E-state index contributed by atoms with van der Waals surface area (Å²) < 4.78 is 46.7. The molecule has 4 rings (SSSR count). The van der Waals surface area contributed by atoms with Gasteiger partial charge in [-0.1, -0.05) is 193 Å². The van der Waals surface area contributed by atoms with E-state index in [-0.39, 0.29) is 12.3 Å². The Balaban J connectivity index is 1.35. The third kappa shape index (κ3) is 27.2. The van der Waals surface area contributed by atoms with Crippen LogP contribution in [0.2, 0.25) is 0 Å². The van der Waals surface area contributed by atoms with Crippen molar-refractivity contribution in [1.82, 2.24) is 10.6 Å². The lowest BCUT2D eigenvalue weighted by Gasteiger charge is -2.50. The molecule has 4 heterocycles. The van der Waals surface area contributed by atoms with E-state index in [0.29, 0.717) is 12.8 Å². The lowest BCUT2D eigenvalue weighted by Crippen LogP contribution is -2.69. The Morgan fingerprint density at radius 3 is 1.30 bits per heavy atom. The van der Waals surface area contributed by atoms with Crippen LogP contribution in [0.1, 0.15) is 213 Å². The minimum atomic E-state index is -2.09. The molecule has 4 fully saturated rings. The second-order valence-corrected chi connectivity index (χ2v) is 25.0. The van der Waals surface area contributed by atoms with Gasteiger partial charge in [-0.15, -0.1) is 0 Å². The summed E-state index contributed by atoms with van der Waals surface area (Å²) in [6.07, 6.45) is 2.77. The maximum Gasteiger partial charge on any atom is 0.220 e. The molecule has 0 aromatic heterocycles. The van der Waals surface area contributed by atoms with Crippen molar-refractivity contribution in [1.29, 1.82) is 0 Å². The number of aliphatic hydroxyl groups is 13. The summed E-state index contributed by atoms with van der Waals surface area (Å²) in [5.41, 5.74) is 0. The molecule has 22 atom stereocenters. The van der Waals surface area contributed by atoms with Crippen LogP contribution in [-0.2, 0) is 47.5 Å². The van der Waals surface area contributed by atoms with Gasteiger partial charge in [0.25, 0.3) is 0 Å². The maximum atomic E-state index is 13.4. The van der Waals surface area contributed by atoms with E-state index in [2.05, 4.69) is 24.5 Å². The molecular weight excluding hydrogens is 1160 g/mol. The molecule has 522 valence electrons. The number of rotatable bonds is 47.